The SMILES string of the molecule is CC(C)(F)c1ccc(C2(CN)CCCC2)c(Cl)c1. The number of alkyl halides is 1. The molecule has 1 aliphatic carbocycles. The van der Waals surface area contributed by atoms with Crippen LogP contribution >= 0.6 is 11.6 Å². The second-order valence-electron chi connectivity index (χ2n) is 5.86. The zero-order valence-corrected chi connectivity index (χ0v) is 11.9. The van der Waals surface area contributed by atoms with Crippen molar-refractivity contribution in [3.05, 3.63) is 34.3 Å². The Hall–Kier alpha value is -0.600. The van der Waals surface area contributed by atoms with Crippen LogP contribution in [0.4, 0.5) is 4.39 Å². The van der Waals surface area contributed by atoms with Crippen molar-refractivity contribution in [1.29, 1.82) is 0 Å². The van der Waals surface area contributed by atoms with Gasteiger partial charge in [-0.25, -0.2) is 4.39 Å². The Balaban J connectivity index is 2.41. The third-order valence-corrected chi connectivity index (χ3v) is 4.49. The van der Waals surface area contributed by atoms with Crippen molar-refractivity contribution >= 4 is 11.6 Å². The van der Waals surface area contributed by atoms with E-state index in [0.29, 0.717) is 17.1 Å². The molecule has 1 aromatic rings. The lowest BCUT2D eigenvalue weighted by Crippen LogP contribution is -2.32. The number of benzene rings is 1. The molecule has 0 aliphatic heterocycles. The molecule has 18 heavy (non-hydrogen) atoms. The lowest BCUT2D eigenvalue weighted by atomic mass is 9.78. The van der Waals surface area contributed by atoms with Gasteiger partial charge in [0.1, 0.15) is 5.67 Å². The van der Waals surface area contributed by atoms with Crippen LogP contribution in [0.3, 0.4) is 0 Å². The zero-order chi connectivity index (χ0) is 13.4. The van der Waals surface area contributed by atoms with E-state index in [9.17, 15) is 4.39 Å². The van der Waals surface area contributed by atoms with E-state index >= 15 is 0 Å². The first-order valence-electron chi connectivity index (χ1n) is 6.58. The summed E-state index contributed by atoms with van der Waals surface area (Å²) in [4.78, 5) is 0. The van der Waals surface area contributed by atoms with Gasteiger partial charge in [-0.05, 0) is 43.9 Å². The van der Waals surface area contributed by atoms with Crippen LogP contribution in [-0.2, 0) is 11.1 Å². The zero-order valence-electron chi connectivity index (χ0n) is 11.1. The maximum Gasteiger partial charge on any atom is 0.130 e. The minimum absolute atomic E-state index is 0.00999. The van der Waals surface area contributed by atoms with Gasteiger partial charge in [-0.3, -0.25) is 0 Å². The molecule has 0 atom stereocenters. The van der Waals surface area contributed by atoms with E-state index in [1.54, 1.807) is 19.9 Å². The molecule has 1 nitrogen and oxygen atoms in total. The van der Waals surface area contributed by atoms with Crippen molar-refractivity contribution < 1.29 is 4.39 Å². The first kappa shape index (κ1) is 13.8. The fraction of sp³-hybridized carbons (Fsp3) is 0.600. The number of rotatable bonds is 3. The average Bonchev–Trinajstić information content (AvgIpc) is 2.77. The second-order valence-corrected chi connectivity index (χ2v) is 6.27. The molecule has 100 valence electrons. The summed E-state index contributed by atoms with van der Waals surface area (Å²) in [5.74, 6) is 0. The molecule has 2 N–H and O–H groups in total. The molecule has 0 spiro atoms. The Morgan fingerprint density at radius 1 is 1.33 bits per heavy atom. The third kappa shape index (κ3) is 2.41. The van der Waals surface area contributed by atoms with Crippen molar-refractivity contribution in [1.82, 2.24) is 0 Å². The summed E-state index contributed by atoms with van der Waals surface area (Å²) >= 11 is 6.36. The van der Waals surface area contributed by atoms with E-state index in [0.717, 1.165) is 18.4 Å². The molecule has 2 rings (SSSR count). The van der Waals surface area contributed by atoms with E-state index in [2.05, 4.69) is 0 Å². The van der Waals surface area contributed by atoms with E-state index < -0.39 is 5.67 Å². The van der Waals surface area contributed by atoms with Crippen molar-refractivity contribution in [2.45, 2.75) is 50.6 Å². The molecular weight excluding hydrogens is 249 g/mol. The number of nitrogens with two attached hydrogens (primary N) is 1. The van der Waals surface area contributed by atoms with Gasteiger partial charge in [-0.15, -0.1) is 0 Å². The lowest BCUT2D eigenvalue weighted by molar-refractivity contribution is 0.221. The van der Waals surface area contributed by atoms with Crippen LogP contribution in [0.15, 0.2) is 18.2 Å². The number of halogens is 2. The van der Waals surface area contributed by atoms with Crippen LogP contribution in [0, 0.1) is 0 Å². The minimum Gasteiger partial charge on any atom is -0.330 e. The van der Waals surface area contributed by atoms with Crippen LogP contribution in [-0.4, -0.2) is 6.54 Å². The van der Waals surface area contributed by atoms with Crippen LogP contribution < -0.4 is 5.73 Å². The van der Waals surface area contributed by atoms with Gasteiger partial charge in [0.2, 0.25) is 0 Å². The second kappa shape index (κ2) is 4.82. The Morgan fingerprint density at radius 2 is 1.94 bits per heavy atom. The normalized spacial score (nSPS) is 19.2. The van der Waals surface area contributed by atoms with Crippen LogP contribution in [0.2, 0.25) is 5.02 Å². The van der Waals surface area contributed by atoms with Gasteiger partial charge < -0.3 is 5.73 Å². The maximum absolute atomic E-state index is 13.9. The van der Waals surface area contributed by atoms with Gasteiger partial charge in [0, 0.05) is 17.0 Å². The molecule has 0 radical (unpaired) electrons. The monoisotopic (exact) mass is 269 g/mol. The van der Waals surface area contributed by atoms with Gasteiger partial charge in [0.05, 0.1) is 0 Å². The molecule has 0 aromatic heterocycles. The molecular formula is C15H21ClFN. The Bertz CT molecular complexity index is 431. The van der Waals surface area contributed by atoms with Gasteiger partial charge in [-0.1, -0.05) is 36.6 Å². The molecule has 0 heterocycles. The van der Waals surface area contributed by atoms with Gasteiger partial charge >= 0.3 is 0 Å². The average molecular weight is 270 g/mol. The van der Waals surface area contributed by atoms with E-state index in [4.69, 9.17) is 17.3 Å². The number of hydrogen-bond acceptors (Lipinski definition) is 1. The first-order chi connectivity index (χ1) is 8.39. The maximum atomic E-state index is 13.9. The summed E-state index contributed by atoms with van der Waals surface area (Å²) in [5, 5.41) is 0.658. The molecule has 1 saturated carbocycles. The summed E-state index contributed by atoms with van der Waals surface area (Å²) in [6.07, 6.45) is 4.57. The molecule has 0 amide bonds. The largest absolute Gasteiger partial charge is 0.330 e. The molecule has 0 saturated heterocycles. The Labute approximate surface area is 114 Å². The van der Waals surface area contributed by atoms with Crippen LogP contribution in [0.5, 0.6) is 0 Å². The molecule has 1 fully saturated rings. The Morgan fingerprint density at radius 3 is 2.39 bits per heavy atom. The highest BCUT2D eigenvalue weighted by Crippen LogP contribution is 2.44. The smallest absolute Gasteiger partial charge is 0.130 e. The van der Waals surface area contributed by atoms with Crippen molar-refractivity contribution in [2.24, 2.45) is 5.73 Å². The van der Waals surface area contributed by atoms with Crippen LogP contribution in [0.1, 0.15) is 50.7 Å². The van der Waals surface area contributed by atoms with Crippen molar-refractivity contribution in [2.75, 3.05) is 6.54 Å². The summed E-state index contributed by atoms with van der Waals surface area (Å²) in [6.45, 7) is 3.71. The molecule has 3 heteroatoms. The fourth-order valence-corrected chi connectivity index (χ4v) is 3.33. The number of hydrogen-bond donors (Lipinski definition) is 1. The van der Waals surface area contributed by atoms with Gasteiger partial charge in [-0.2, -0.15) is 0 Å². The quantitative estimate of drug-likeness (QED) is 0.869. The molecule has 1 aromatic carbocycles. The topological polar surface area (TPSA) is 26.0 Å². The molecule has 0 unspecified atom stereocenters. The summed E-state index contributed by atoms with van der Waals surface area (Å²) < 4.78 is 13.9. The van der Waals surface area contributed by atoms with Gasteiger partial charge in [0.25, 0.3) is 0 Å². The van der Waals surface area contributed by atoms with Gasteiger partial charge in [0.15, 0.2) is 0 Å². The minimum atomic E-state index is -1.35. The lowest BCUT2D eigenvalue weighted by Gasteiger charge is -2.29. The molecule has 1 aliphatic rings. The fourth-order valence-electron chi connectivity index (χ4n) is 2.95. The summed E-state index contributed by atoms with van der Waals surface area (Å²) in [7, 11) is 0. The first-order valence-corrected chi connectivity index (χ1v) is 6.96. The van der Waals surface area contributed by atoms with Crippen LogP contribution in [0.25, 0.3) is 0 Å². The van der Waals surface area contributed by atoms with E-state index in [1.165, 1.54) is 12.8 Å². The van der Waals surface area contributed by atoms with Crippen molar-refractivity contribution in [3.8, 4) is 0 Å². The van der Waals surface area contributed by atoms with E-state index in [-0.39, 0.29) is 5.41 Å². The molecule has 0 bridgehead atoms. The predicted molar refractivity (Wildman–Crippen MR) is 74.8 cm³/mol. The van der Waals surface area contributed by atoms with Crippen molar-refractivity contribution in [3.63, 3.8) is 0 Å². The third-order valence-electron chi connectivity index (χ3n) is 4.18. The summed E-state index contributed by atoms with van der Waals surface area (Å²) in [5.41, 5.74) is 6.34. The highest BCUT2D eigenvalue weighted by molar-refractivity contribution is 6.31. The standard InChI is InChI=1S/C15H21ClFN/c1-14(2,17)11-5-6-12(13(16)9-11)15(10-18)7-3-4-8-15/h5-6,9H,3-4,7-8,10,18H2,1-2H3. The highest BCUT2D eigenvalue weighted by atomic mass is 35.5. The summed E-state index contributed by atoms with van der Waals surface area (Å²) in [6, 6.07) is 5.57. The Kier molecular flexibility index (Phi) is 3.70. The highest BCUT2D eigenvalue weighted by Gasteiger charge is 2.36. The predicted octanol–water partition coefficient (Wildman–Crippen LogP) is 4.32. The van der Waals surface area contributed by atoms with E-state index in [1.807, 2.05) is 12.1 Å².